The van der Waals surface area contributed by atoms with Crippen LogP contribution in [0.25, 0.3) is 10.9 Å². The second-order valence-corrected chi connectivity index (χ2v) is 7.11. The molecule has 0 fully saturated rings. The van der Waals surface area contributed by atoms with Crippen molar-refractivity contribution in [2.75, 3.05) is 10.6 Å². The Morgan fingerprint density at radius 2 is 1.84 bits per heavy atom. The van der Waals surface area contributed by atoms with E-state index in [1.807, 2.05) is 55.6 Å². The molecule has 0 radical (unpaired) electrons. The largest absolute Gasteiger partial charge is 0.361 e. The summed E-state index contributed by atoms with van der Waals surface area (Å²) in [6, 6.07) is 18.6. The molecule has 0 aliphatic heterocycles. The molecule has 2 aromatic carbocycles. The minimum absolute atomic E-state index is 0.0255. The van der Waals surface area contributed by atoms with Gasteiger partial charge in [0, 0.05) is 46.4 Å². The van der Waals surface area contributed by atoms with E-state index in [4.69, 9.17) is 0 Å². The standard InChI is InChI=1S/C23H19N7O/c1-14-13-20(30-29-14)28-23-25-12-10-19(27-23)26-17-7-5-16(6-8-17)22(31)18-4-2-3-15-9-11-24-21(15)18/h2-13,24H,1H3,(H3,25,26,27,28,29,30). The normalized spacial score (nSPS) is 10.9. The highest BCUT2D eigenvalue weighted by Gasteiger charge is 2.13. The predicted molar refractivity (Wildman–Crippen MR) is 120 cm³/mol. The molecule has 0 aliphatic rings. The molecule has 3 heterocycles. The van der Waals surface area contributed by atoms with Crippen molar-refractivity contribution in [3.63, 3.8) is 0 Å². The van der Waals surface area contributed by atoms with E-state index in [1.54, 1.807) is 24.4 Å². The Bertz CT molecular complexity index is 1370. The molecule has 152 valence electrons. The first-order valence-corrected chi connectivity index (χ1v) is 9.76. The van der Waals surface area contributed by atoms with Crippen LogP contribution < -0.4 is 10.6 Å². The fourth-order valence-corrected chi connectivity index (χ4v) is 3.37. The average Bonchev–Trinajstić information content (AvgIpc) is 3.42. The number of fused-ring (bicyclic) bond motifs is 1. The van der Waals surface area contributed by atoms with Crippen LogP contribution in [-0.2, 0) is 0 Å². The number of benzene rings is 2. The van der Waals surface area contributed by atoms with Gasteiger partial charge in [-0.3, -0.25) is 9.89 Å². The second-order valence-electron chi connectivity index (χ2n) is 7.11. The summed E-state index contributed by atoms with van der Waals surface area (Å²) in [5, 5.41) is 14.3. The van der Waals surface area contributed by atoms with Gasteiger partial charge in [0.05, 0.1) is 5.52 Å². The van der Waals surface area contributed by atoms with E-state index in [2.05, 4.69) is 35.8 Å². The maximum absolute atomic E-state index is 13.0. The lowest BCUT2D eigenvalue weighted by molar-refractivity contribution is 0.104. The third kappa shape index (κ3) is 3.86. The third-order valence-corrected chi connectivity index (χ3v) is 4.85. The monoisotopic (exact) mass is 409 g/mol. The van der Waals surface area contributed by atoms with Crippen molar-refractivity contribution in [3.8, 4) is 0 Å². The summed E-state index contributed by atoms with van der Waals surface area (Å²) in [6.45, 7) is 1.92. The van der Waals surface area contributed by atoms with Crippen LogP contribution in [0.2, 0.25) is 0 Å². The van der Waals surface area contributed by atoms with Crippen molar-refractivity contribution < 1.29 is 4.79 Å². The van der Waals surface area contributed by atoms with Crippen molar-refractivity contribution in [3.05, 3.63) is 89.9 Å². The number of hydrogen-bond donors (Lipinski definition) is 4. The van der Waals surface area contributed by atoms with E-state index in [1.165, 1.54) is 0 Å². The Morgan fingerprint density at radius 1 is 0.968 bits per heavy atom. The van der Waals surface area contributed by atoms with Gasteiger partial charge in [-0.2, -0.15) is 10.1 Å². The van der Waals surface area contributed by atoms with Gasteiger partial charge in [-0.05, 0) is 49.4 Å². The summed E-state index contributed by atoms with van der Waals surface area (Å²) < 4.78 is 0. The smallest absolute Gasteiger partial charge is 0.230 e. The van der Waals surface area contributed by atoms with Crippen LogP contribution in [0.1, 0.15) is 21.6 Å². The fraction of sp³-hybridized carbons (Fsp3) is 0.0435. The molecule has 4 N–H and O–H groups in total. The van der Waals surface area contributed by atoms with Crippen LogP contribution >= 0.6 is 0 Å². The van der Waals surface area contributed by atoms with Crippen LogP contribution in [0.15, 0.2) is 73.1 Å². The van der Waals surface area contributed by atoms with Gasteiger partial charge in [0.1, 0.15) is 5.82 Å². The Balaban J connectivity index is 1.32. The van der Waals surface area contributed by atoms with Crippen LogP contribution in [0.4, 0.5) is 23.3 Å². The van der Waals surface area contributed by atoms with Gasteiger partial charge >= 0.3 is 0 Å². The Hall–Kier alpha value is -4.46. The molecule has 0 spiro atoms. The van der Waals surface area contributed by atoms with Crippen LogP contribution in [0.3, 0.4) is 0 Å². The number of nitrogens with zero attached hydrogens (tertiary/aromatic N) is 3. The number of aromatic amines is 2. The summed E-state index contributed by atoms with van der Waals surface area (Å²) >= 11 is 0. The highest BCUT2D eigenvalue weighted by molar-refractivity contribution is 6.15. The minimum Gasteiger partial charge on any atom is -0.361 e. The molecule has 0 saturated heterocycles. The molecule has 8 heteroatoms. The number of carbonyl (C=O) groups excluding carboxylic acids is 1. The quantitative estimate of drug-likeness (QED) is 0.302. The number of ketones is 1. The molecule has 3 aromatic heterocycles. The third-order valence-electron chi connectivity index (χ3n) is 4.85. The summed E-state index contributed by atoms with van der Waals surface area (Å²) in [5.74, 6) is 1.68. The molecule has 31 heavy (non-hydrogen) atoms. The predicted octanol–water partition coefficient (Wildman–Crippen LogP) is 4.71. The number of hydrogen-bond acceptors (Lipinski definition) is 6. The number of carbonyl (C=O) groups is 1. The van der Waals surface area contributed by atoms with Gasteiger partial charge in [-0.25, -0.2) is 4.98 Å². The highest BCUT2D eigenvalue weighted by atomic mass is 16.1. The summed E-state index contributed by atoms with van der Waals surface area (Å²) in [6.07, 6.45) is 3.50. The summed E-state index contributed by atoms with van der Waals surface area (Å²) in [4.78, 5) is 24.8. The zero-order valence-corrected chi connectivity index (χ0v) is 16.7. The van der Waals surface area contributed by atoms with Gasteiger partial charge in [-0.1, -0.05) is 12.1 Å². The lowest BCUT2D eigenvalue weighted by Gasteiger charge is -2.08. The number of aryl methyl sites for hydroxylation is 1. The van der Waals surface area contributed by atoms with E-state index >= 15 is 0 Å². The van der Waals surface area contributed by atoms with Gasteiger partial charge in [0.2, 0.25) is 5.95 Å². The van der Waals surface area contributed by atoms with E-state index in [0.717, 1.165) is 22.3 Å². The fourth-order valence-electron chi connectivity index (χ4n) is 3.37. The number of para-hydroxylation sites is 1. The first kappa shape index (κ1) is 18.6. The summed E-state index contributed by atoms with van der Waals surface area (Å²) in [5.41, 5.74) is 3.88. The van der Waals surface area contributed by atoms with Gasteiger partial charge < -0.3 is 15.6 Å². The lowest BCUT2D eigenvalue weighted by Crippen LogP contribution is -2.03. The van der Waals surface area contributed by atoms with Crippen LogP contribution in [0.5, 0.6) is 0 Å². The van der Waals surface area contributed by atoms with Gasteiger partial charge in [0.15, 0.2) is 11.6 Å². The number of rotatable bonds is 6. The lowest BCUT2D eigenvalue weighted by atomic mass is 10.0. The zero-order valence-electron chi connectivity index (χ0n) is 16.7. The molecule has 5 rings (SSSR count). The second kappa shape index (κ2) is 7.75. The molecular formula is C23H19N7O. The first-order chi connectivity index (χ1) is 15.2. The Morgan fingerprint density at radius 3 is 2.65 bits per heavy atom. The molecule has 8 nitrogen and oxygen atoms in total. The number of H-pyrrole nitrogens is 2. The molecule has 0 atom stereocenters. The molecule has 0 saturated carbocycles. The minimum atomic E-state index is -0.0255. The number of nitrogens with one attached hydrogen (secondary N) is 4. The molecule has 0 aliphatic carbocycles. The van der Waals surface area contributed by atoms with Crippen LogP contribution in [0, 0.1) is 6.92 Å². The van der Waals surface area contributed by atoms with Gasteiger partial charge in [-0.15, -0.1) is 0 Å². The molecular weight excluding hydrogens is 390 g/mol. The summed E-state index contributed by atoms with van der Waals surface area (Å²) in [7, 11) is 0. The number of anilines is 4. The topological polar surface area (TPSA) is 111 Å². The van der Waals surface area contributed by atoms with Crippen molar-refractivity contribution in [2.45, 2.75) is 6.92 Å². The maximum atomic E-state index is 13.0. The highest BCUT2D eigenvalue weighted by Crippen LogP contribution is 2.22. The maximum Gasteiger partial charge on any atom is 0.230 e. The van der Waals surface area contributed by atoms with Crippen molar-refractivity contribution in [2.24, 2.45) is 0 Å². The van der Waals surface area contributed by atoms with Crippen molar-refractivity contribution in [1.82, 2.24) is 25.1 Å². The van der Waals surface area contributed by atoms with E-state index in [-0.39, 0.29) is 5.78 Å². The molecule has 0 amide bonds. The molecule has 0 unspecified atom stereocenters. The van der Waals surface area contributed by atoms with Crippen LogP contribution in [-0.4, -0.2) is 30.9 Å². The molecule has 5 aromatic rings. The van der Waals surface area contributed by atoms with E-state index in [9.17, 15) is 4.79 Å². The number of aromatic nitrogens is 5. The SMILES string of the molecule is Cc1cc(Nc2nccc(Nc3ccc(C(=O)c4cccc5cc[nH]c45)cc3)n2)n[nH]1. The van der Waals surface area contributed by atoms with Crippen molar-refractivity contribution in [1.29, 1.82) is 0 Å². The zero-order chi connectivity index (χ0) is 21.2. The Kier molecular flexibility index (Phi) is 4.64. The Labute approximate surface area is 177 Å². The first-order valence-electron chi connectivity index (χ1n) is 9.76. The molecule has 0 bridgehead atoms. The van der Waals surface area contributed by atoms with Crippen molar-refractivity contribution >= 4 is 40.0 Å². The van der Waals surface area contributed by atoms with Gasteiger partial charge in [0.25, 0.3) is 0 Å². The average molecular weight is 409 g/mol. The van der Waals surface area contributed by atoms with E-state index in [0.29, 0.717) is 28.7 Å². The van der Waals surface area contributed by atoms with E-state index < -0.39 is 0 Å².